The van der Waals surface area contributed by atoms with Gasteiger partial charge in [0.25, 0.3) is 0 Å². The lowest BCUT2D eigenvalue weighted by molar-refractivity contribution is 0.972. The maximum atomic E-state index is 5.49. The maximum Gasteiger partial charge on any atom is 0.171 e. The molecule has 0 aromatic carbocycles. The van der Waals surface area contributed by atoms with Crippen LogP contribution in [0, 0.1) is 0 Å². The second-order valence-corrected chi connectivity index (χ2v) is 4.14. The average Bonchev–Trinajstić information content (AvgIpc) is 2.37. The van der Waals surface area contributed by atoms with Gasteiger partial charge in [-0.1, -0.05) is 18.7 Å². The number of alkyl halides is 1. The van der Waals surface area contributed by atoms with E-state index in [-0.39, 0.29) is 0 Å². The summed E-state index contributed by atoms with van der Waals surface area (Å²) in [5.74, 6) is 0.914. The molecule has 10 heavy (non-hydrogen) atoms. The summed E-state index contributed by atoms with van der Waals surface area (Å²) in [7, 11) is 0. The second kappa shape index (κ2) is 4.16. The van der Waals surface area contributed by atoms with E-state index < -0.39 is 0 Å². The molecule has 0 fully saturated rings. The highest BCUT2D eigenvalue weighted by atomic mass is 35.5. The zero-order chi connectivity index (χ0) is 7.40. The summed E-state index contributed by atoms with van der Waals surface area (Å²) in [6, 6.07) is 0. The van der Waals surface area contributed by atoms with Crippen molar-refractivity contribution in [2.24, 2.45) is 0 Å². The van der Waals surface area contributed by atoms with Gasteiger partial charge in [0.1, 0.15) is 5.82 Å². The van der Waals surface area contributed by atoms with Crippen molar-refractivity contribution in [1.29, 1.82) is 0 Å². The van der Waals surface area contributed by atoms with E-state index in [0.29, 0.717) is 5.21 Å². The summed E-state index contributed by atoms with van der Waals surface area (Å²) in [6.07, 6.45) is 0.902. The Morgan fingerprint density at radius 2 is 2.50 bits per heavy atom. The predicted octanol–water partition coefficient (Wildman–Crippen LogP) is 2.39. The summed E-state index contributed by atoms with van der Waals surface area (Å²) >= 11 is 8.43. The first-order chi connectivity index (χ1) is 4.86. The quantitative estimate of drug-likeness (QED) is 0.546. The molecule has 0 radical (unpaired) electrons. The Morgan fingerprint density at radius 3 is 3.00 bits per heavy atom. The van der Waals surface area contributed by atoms with Gasteiger partial charge in [-0.2, -0.15) is 4.37 Å². The molecule has 0 aliphatic rings. The molecule has 1 heterocycles. The Balaban J connectivity index is 2.59. The third kappa shape index (κ3) is 2.11. The van der Waals surface area contributed by atoms with Crippen molar-refractivity contribution in [3.63, 3.8) is 0 Å². The number of aryl methyl sites for hydroxylation is 1. The monoisotopic (exact) mass is 194 g/mol. The van der Waals surface area contributed by atoms with E-state index in [2.05, 4.69) is 9.36 Å². The summed E-state index contributed by atoms with van der Waals surface area (Å²) in [4.78, 5) is 4.20. The number of hydrogen-bond donors (Lipinski definition) is 0. The zero-order valence-electron chi connectivity index (χ0n) is 5.50. The molecule has 0 unspecified atom stereocenters. The molecule has 0 N–H and O–H groups in total. The van der Waals surface area contributed by atoms with Gasteiger partial charge in [0, 0.05) is 6.42 Å². The lowest BCUT2D eigenvalue weighted by Crippen LogP contribution is -1.80. The fourth-order valence-corrected chi connectivity index (χ4v) is 2.25. The van der Waals surface area contributed by atoms with Gasteiger partial charge in [-0.05, 0) is 11.5 Å². The van der Waals surface area contributed by atoms with Crippen molar-refractivity contribution in [2.45, 2.75) is 17.7 Å². The molecule has 1 rings (SSSR count). The molecule has 0 saturated carbocycles. The third-order valence-corrected chi connectivity index (χ3v) is 2.85. The van der Waals surface area contributed by atoms with Crippen molar-refractivity contribution in [3.05, 3.63) is 5.82 Å². The van der Waals surface area contributed by atoms with E-state index in [4.69, 9.17) is 11.6 Å². The topological polar surface area (TPSA) is 25.8 Å². The van der Waals surface area contributed by atoms with Gasteiger partial charge in [0.15, 0.2) is 4.34 Å². The first-order valence-electron chi connectivity index (χ1n) is 2.88. The van der Waals surface area contributed by atoms with Crippen LogP contribution < -0.4 is 0 Å². The normalized spacial score (nSPS) is 10.2. The fraction of sp³-hybridized carbons (Fsp3) is 0.600. The molecule has 56 valence electrons. The van der Waals surface area contributed by atoms with Crippen molar-refractivity contribution in [2.75, 3.05) is 5.21 Å². The Hall–Kier alpha value is 0.200. The summed E-state index contributed by atoms with van der Waals surface area (Å²) in [5, 5.41) is 0.554. The first kappa shape index (κ1) is 8.30. The highest BCUT2D eigenvalue weighted by molar-refractivity contribution is 8.01. The Morgan fingerprint density at radius 1 is 1.70 bits per heavy atom. The number of nitrogens with zero attached hydrogens (tertiary/aromatic N) is 2. The molecular formula is C5H7ClN2S2. The highest BCUT2D eigenvalue weighted by Crippen LogP contribution is 2.20. The van der Waals surface area contributed by atoms with Gasteiger partial charge < -0.3 is 0 Å². The van der Waals surface area contributed by atoms with Gasteiger partial charge >= 0.3 is 0 Å². The van der Waals surface area contributed by atoms with Crippen LogP contribution in [-0.4, -0.2) is 14.6 Å². The van der Waals surface area contributed by atoms with Gasteiger partial charge in [-0.15, -0.1) is 11.6 Å². The van der Waals surface area contributed by atoms with Crippen LogP contribution >= 0.6 is 34.9 Å². The summed E-state index contributed by atoms with van der Waals surface area (Å²) < 4.78 is 5.07. The predicted molar refractivity (Wildman–Crippen MR) is 45.9 cm³/mol. The van der Waals surface area contributed by atoms with Gasteiger partial charge in [0.05, 0.1) is 5.21 Å². The van der Waals surface area contributed by atoms with Crippen LogP contribution in [0.5, 0.6) is 0 Å². The number of hydrogen-bond acceptors (Lipinski definition) is 4. The summed E-state index contributed by atoms with van der Waals surface area (Å²) in [5.41, 5.74) is 0. The standard InChI is InChI=1S/C5H7ClN2S2/c1-2-4-7-5(9-3-6)10-8-4/h2-3H2,1H3. The van der Waals surface area contributed by atoms with Crippen molar-refractivity contribution in [1.82, 2.24) is 9.36 Å². The van der Waals surface area contributed by atoms with Gasteiger partial charge in [-0.25, -0.2) is 4.98 Å². The van der Waals surface area contributed by atoms with Crippen molar-refractivity contribution >= 4 is 34.9 Å². The van der Waals surface area contributed by atoms with Crippen LogP contribution in [0.2, 0.25) is 0 Å². The Labute approximate surface area is 73.2 Å². The van der Waals surface area contributed by atoms with Crippen LogP contribution in [0.25, 0.3) is 0 Å². The smallest absolute Gasteiger partial charge is 0.171 e. The largest absolute Gasteiger partial charge is 0.213 e. The lowest BCUT2D eigenvalue weighted by Gasteiger charge is -1.83. The van der Waals surface area contributed by atoms with Crippen LogP contribution in [0.4, 0.5) is 0 Å². The fourth-order valence-electron chi connectivity index (χ4n) is 0.487. The van der Waals surface area contributed by atoms with Crippen molar-refractivity contribution < 1.29 is 0 Å². The van der Waals surface area contributed by atoms with Crippen LogP contribution in [0.3, 0.4) is 0 Å². The third-order valence-electron chi connectivity index (χ3n) is 0.944. The number of halogens is 1. The van der Waals surface area contributed by atoms with Crippen LogP contribution in [0.15, 0.2) is 4.34 Å². The molecule has 0 amide bonds. The zero-order valence-corrected chi connectivity index (χ0v) is 7.89. The molecule has 0 aliphatic heterocycles. The highest BCUT2D eigenvalue weighted by Gasteiger charge is 2.00. The van der Waals surface area contributed by atoms with Gasteiger partial charge in [0.2, 0.25) is 0 Å². The minimum atomic E-state index is 0.554. The number of rotatable bonds is 3. The van der Waals surface area contributed by atoms with E-state index >= 15 is 0 Å². The number of thioether (sulfide) groups is 1. The SMILES string of the molecule is CCc1nsc(SCCl)n1. The average molecular weight is 195 g/mol. The molecule has 0 aliphatic carbocycles. The molecule has 1 aromatic rings. The minimum absolute atomic E-state index is 0.554. The van der Waals surface area contributed by atoms with Crippen LogP contribution in [0.1, 0.15) is 12.7 Å². The molecule has 0 saturated heterocycles. The molecule has 0 spiro atoms. The van der Waals surface area contributed by atoms with Gasteiger partial charge in [-0.3, -0.25) is 0 Å². The molecular weight excluding hydrogens is 188 g/mol. The molecule has 0 atom stereocenters. The Bertz CT molecular complexity index is 201. The summed E-state index contributed by atoms with van der Waals surface area (Å²) in [6.45, 7) is 2.04. The maximum absolute atomic E-state index is 5.49. The van der Waals surface area contributed by atoms with E-state index in [1.54, 1.807) is 0 Å². The van der Waals surface area contributed by atoms with E-state index in [9.17, 15) is 0 Å². The number of aromatic nitrogens is 2. The Kier molecular flexibility index (Phi) is 3.45. The van der Waals surface area contributed by atoms with Crippen LogP contribution in [-0.2, 0) is 6.42 Å². The van der Waals surface area contributed by atoms with Crippen molar-refractivity contribution in [3.8, 4) is 0 Å². The first-order valence-corrected chi connectivity index (χ1v) is 5.17. The minimum Gasteiger partial charge on any atom is -0.213 e. The molecule has 5 heteroatoms. The van der Waals surface area contributed by atoms with E-state index in [1.807, 2.05) is 6.92 Å². The molecule has 0 bridgehead atoms. The molecule has 1 aromatic heterocycles. The van der Waals surface area contributed by atoms with E-state index in [0.717, 1.165) is 16.6 Å². The lowest BCUT2D eigenvalue weighted by atomic mass is 10.5. The van der Waals surface area contributed by atoms with E-state index in [1.165, 1.54) is 23.3 Å². The molecule has 2 nitrogen and oxygen atoms in total. The second-order valence-electron chi connectivity index (χ2n) is 1.58.